The number of fused-ring (bicyclic) bond motifs is 1. The van der Waals surface area contributed by atoms with Crippen molar-refractivity contribution in [3.05, 3.63) is 58.7 Å². The van der Waals surface area contributed by atoms with Gasteiger partial charge in [0, 0.05) is 24.7 Å². The Morgan fingerprint density at radius 2 is 1.93 bits per heavy atom. The summed E-state index contributed by atoms with van der Waals surface area (Å²) in [4.78, 5) is 23.5. The summed E-state index contributed by atoms with van der Waals surface area (Å²) in [5, 5.41) is 2.55. The van der Waals surface area contributed by atoms with Gasteiger partial charge in [-0.05, 0) is 41.8 Å². The number of nitrogens with zero attached hydrogens (tertiary/aromatic N) is 3. The first-order valence-electron chi connectivity index (χ1n) is 8.59. The van der Waals surface area contributed by atoms with Crippen molar-refractivity contribution in [3.8, 4) is 22.2 Å². The summed E-state index contributed by atoms with van der Waals surface area (Å²) in [5.41, 5.74) is 3.50. The highest BCUT2D eigenvalue weighted by Gasteiger charge is 2.25. The lowest BCUT2D eigenvalue weighted by Crippen LogP contribution is -2.36. The highest BCUT2D eigenvalue weighted by Crippen LogP contribution is 2.33. The van der Waals surface area contributed by atoms with E-state index in [4.69, 9.17) is 9.47 Å². The molecule has 0 aliphatic carbocycles. The van der Waals surface area contributed by atoms with E-state index in [1.165, 1.54) is 16.9 Å². The lowest BCUT2D eigenvalue weighted by Gasteiger charge is -2.29. The molecular weight excluding hydrogens is 362 g/mol. The van der Waals surface area contributed by atoms with Crippen LogP contribution in [0.25, 0.3) is 10.7 Å². The third-order valence-corrected chi connectivity index (χ3v) is 5.48. The van der Waals surface area contributed by atoms with E-state index in [9.17, 15) is 4.79 Å². The van der Waals surface area contributed by atoms with Crippen LogP contribution in [0.2, 0.25) is 0 Å². The SMILES string of the molecule is COc1cc2c(cc1OC)CN(C(=O)c1csc(-c3ccccn3)n1)CC2. The fourth-order valence-corrected chi connectivity index (χ4v) is 3.97. The molecule has 1 aliphatic heterocycles. The zero-order valence-corrected chi connectivity index (χ0v) is 16.0. The van der Waals surface area contributed by atoms with Crippen LogP contribution in [0, 0.1) is 0 Å². The molecule has 0 unspecified atom stereocenters. The number of rotatable bonds is 4. The quantitative estimate of drug-likeness (QED) is 0.693. The molecule has 138 valence electrons. The van der Waals surface area contributed by atoms with Gasteiger partial charge in [0.15, 0.2) is 11.5 Å². The smallest absolute Gasteiger partial charge is 0.273 e. The summed E-state index contributed by atoms with van der Waals surface area (Å²) in [6, 6.07) is 9.61. The number of hydrogen-bond acceptors (Lipinski definition) is 6. The summed E-state index contributed by atoms with van der Waals surface area (Å²) < 4.78 is 10.8. The topological polar surface area (TPSA) is 64.6 Å². The van der Waals surface area contributed by atoms with E-state index < -0.39 is 0 Å². The molecule has 0 saturated carbocycles. The average molecular weight is 381 g/mol. The first-order valence-corrected chi connectivity index (χ1v) is 9.47. The van der Waals surface area contributed by atoms with Crippen LogP contribution < -0.4 is 9.47 Å². The molecule has 3 heterocycles. The number of amides is 1. The van der Waals surface area contributed by atoms with Crippen molar-refractivity contribution >= 4 is 17.2 Å². The molecule has 2 aromatic heterocycles. The van der Waals surface area contributed by atoms with Crippen LogP contribution in [-0.4, -0.2) is 41.5 Å². The summed E-state index contributed by atoms with van der Waals surface area (Å²) in [7, 11) is 3.24. The van der Waals surface area contributed by atoms with Gasteiger partial charge in [-0.2, -0.15) is 0 Å². The number of thiazole rings is 1. The van der Waals surface area contributed by atoms with E-state index in [-0.39, 0.29) is 5.91 Å². The van der Waals surface area contributed by atoms with Crippen molar-refractivity contribution in [2.24, 2.45) is 0 Å². The number of methoxy groups -OCH3 is 2. The normalized spacial score (nSPS) is 13.2. The van der Waals surface area contributed by atoms with Gasteiger partial charge in [0.2, 0.25) is 0 Å². The van der Waals surface area contributed by atoms with Crippen LogP contribution in [0.5, 0.6) is 11.5 Å². The van der Waals surface area contributed by atoms with Crippen LogP contribution >= 0.6 is 11.3 Å². The number of aromatic nitrogens is 2. The fourth-order valence-electron chi connectivity index (χ4n) is 3.20. The molecule has 1 aromatic carbocycles. The van der Waals surface area contributed by atoms with Crippen molar-refractivity contribution in [2.75, 3.05) is 20.8 Å². The number of carbonyl (C=O) groups excluding carboxylic acids is 1. The molecule has 0 saturated heterocycles. The Labute approximate surface area is 161 Å². The predicted molar refractivity (Wildman–Crippen MR) is 103 cm³/mol. The minimum Gasteiger partial charge on any atom is -0.493 e. The highest BCUT2D eigenvalue weighted by atomic mass is 32.1. The van der Waals surface area contributed by atoms with Crippen molar-refractivity contribution in [1.82, 2.24) is 14.9 Å². The molecule has 1 amide bonds. The Balaban J connectivity index is 1.55. The largest absolute Gasteiger partial charge is 0.493 e. The zero-order chi connectivity index (χ0) is 18.8. The maximum atomic E-state index is 12.9. The van der Waals surface area contributed by atoms with E-state index >= 15 is 0 Å². The number of ether oxygens (including phenoxy) is 2. The van der Waals surface area contributed by atoms with Crippen LogP contribution in [0.3, 0.4) is 0 Å². The summed E-state index contributed by atoms with van der Waals surface area (Å²) in [5.74, 6) is 1.33. The Morgan fingerprint density at radius 1 is 1.15 bits per heavy atom. The first-order chi connectivity index (χ1) is 13.2. The maximum absolute atomic E-state index is 12.9. The van der Waals surface area contributed by atoms with E-state index in [0.717, 1.165) is 28.4 Å². The minimum absolute atomic E-state index is 0.0612. The van der Waals surface area contributed by atoms with Crippen LogP contribution in [-0.2, 0) is 13.0 Å². The molecule has 3 aromatic rings. The van der Waals surface area contributed by atoms with Crippen molar-refractivity contribution in [3.63, 3.8) is 0 Å². The Hall–Kier alpha value is -2.93. The molecule has 0 radical (unpaired) electrons. The molecule has 0 bridgehead atoms. The molecule has 4 rings (SSSR count). The molecule has 27 heavy (non-hydrogen) atoms. The highest BCUT2D eigenvalue weighted by molar-refractivity contribution is 7.13. The maximum Gasteiger partial charge on any atom is 0.273 e. The Bertz CT molecular complexity index is 972. The van der Waals surface area contributed by atoms with Crippen LogP contribution in [0.1, 0.15) is 21.6 Å². The Kier molecular flexibility index (Phi) is 4.77. The van der Waals surface area contributed by atoms with Crippen molar-refractivity contribution in [2.45, 2.75) is 13.0 Å². The second-order valence-corrected chi connectivity index (χ2v) is 7.06. The second-order valence-electron chi connectivity index (χ2n) is 6.21. The standard InChI is InChI=1S/C20H19N3O3S/c1-25-17-9-13-6-8-23(11-14(13)10-18(17)26-2)20(24)16-12-27-19(22-16)15-5-3-4-7-21-15/h3-5,7,9-10,12H,6,8,11H2,1-2H3. The van der Waals surface area contributed by atoms with Crippen molar-refractivity contribution < 1.29 is 14.3 Å². The van der Waals surface area contributed by atoms with Gasteiger partial charge >= 0.3 is 0 Å². The number of benzene rings is 1. The minimum atomic E-state index is -0.0612. The van der Waals surface area contributed by atoms with Gasteiger partial charge in [-0.25, -0.2) is 4.98 Å². The van der Waals surface area contributed by atoms with E-state index in [1.807, 2.05) is 35.2 Å². The van der Waals surface area contributed by atoms with Gasteiger partial charge in [0.25, 0.3) is 5.91 Å². The van der Waals surface area contributed by atoms with Gasteiger partial charge < -0.3 is 14.4 Å². The molecule has 6 nitrogen and oxygen atoms in total. The van der Waals surface area contributed by atoms with Crippen LogP contribution in [0.4, 0.5) is 0 Å². The van der Waals surface area contributed by atoms with Gasteiger partial charge in [-0.1, -0.05) is 6.07 Å². The summed E-state index contributed by atoms with van der Waals surface area (Å²) in [6.45, 7) is 1.18. The zero-order valence-electron chi connectivity index (χ0n) is 15.1. The molecule has 1 aliphatic rings. The lowest BCUT2D eigenvalue weighted by atomic mass is 9.98. The molecule has 0 fully saturated rings. The summed E-state index contributed by atoms with van der Waals surface area (Å²) in [6.07, 6.45) is 2.50. The molecule has 7 heteroatoms. The van der Waals surface area contributed by atoms with Crippen LogP contribution in [0.15, 0.2) is 41.9 Å². The third-order valence-electron chi connectivity index (χ3n) is 4.61. The monoisotopic (exact) mass is 381 g/mol. The van der Waals surface area contributed by atoms with Gasteiger partial charge in [-0.15, -0.1) is 11.3 Å². The number of carbonyl (C=O) groups is 1. The molecule has 0 spiro atoms. The van der Waals surface area contributed by atoms with Gasteiger partial charge in [0.05, 0.1) is 19.9 Å². The van der Waals surface area contributed by atoms with E-state index in [2.05, 4.69) is 9.97 Å². The predicted octanol–water partition coefficient (Wildman–Crippen LogP) is 3.42. The van der Waals surface area contributed by atoms with E-state index in [0.29, 0.717) is 24.5 Å². The third kappa shape index (κ3) is 3.38. The number of pyridine rings is 1. The van der Waals surface area contributed by atoms with E-state index in [1.54, 1.807) is 25.8 Å². The average Bonchev–Trinajstić information content (AvgIpc) is 3.22. The second kappa shape index (κ2) is 7.36. The number of hydrogen-bond donors (Lipinski definition) is 0. The molecule has 0 N–H and O–H groups in total. The fraction of sp³-hybridized carbons (Fsp3) is 0.250. The summed E-state index contributed by atoms with van der Waals surface area (Å²) >= 11 is 1.43. The first kappa shape index (κ1) is 17.5. The van der Waals surface area contributed by atoms with Gasteiger partial charge in [-0.3, -0.25) is 9.78 Å². The lowest BCUT2D eigenvalue weighted by molar-refractivity contribution is 0.0729. The Morgan fingerprint density at radius 3 is 2.63 bits per heavy atom. The molecular formula is C20H19N3O3S. The van der Waals surface area contributed by atoms with Crippen molar-refractivity contribution in [1.29, 1.82) is 0 Å². The molecule has 0 atom stereocenters. The van der Waals surface area contributed by atoms with Gasteiger partial charge in [0.1, 0.15) is 10.7 Å².